The van der Waals surface area contributed by atoms with Crippen LogP contribution in [0.25, 0.3) is 0 Å². The molecule has 0 spiro atoms. The number of aliphatic hydroxyl groups excluding tert-OH is 1. The summed E-state index contributed by atoms with van der Waals surface area (Å²) in [5, 5.41) is 13.0. The standard InChI is InChI=1S/C14H22N2O2/c1-2-18-14-6-4-3-5-12(14)13(11-17)16-9-7-15-8-10-16/h3-6,13,15,17H,2,7-11H2,1H3/t13-/m0/s1. The van der Waals surface area contributed by atoms with Crippen LogP contribution in [0.4, 0.5) is 0 Å². The van der Waals surface area contributed by atoms with Crippen LogP contribution in [0.5, 0.6) is 5.75 Å². The second kappa shape index (κ2) is 6.73. The van der Waals surface area contributed by atoms with Crippen molar-refractivity contribution in [3.8, 4) is 5.75 Å². The number of rotatable bonds is 5. The van der Waals surface area contributed by atoms with E-state index in [-0.39, 0.29) is 12.6 Å². The minimum atomic E-state index is 0.0369. The maximum absolute atomic E-state index is 9.71. The lowest BCUT2D eigenvalue weighted by molar-refractivity contribution is 0.108. The first-order valence-corrected chi connectivity index (χ1v) is 6.64. The molecule has 1 aromatic carbocycles. The molecule has 1 aromatic rings. The van der Waals surface area contributed by atoms with E-state index in [4.69, 9.17) is 4.74 Å². The summed E-state index contributed by atoms with van der Waals surface area (Å²) in [5.41, 5.74) is 1.09. The van der Waals surface area contributed by atoms with Crippen LogP contribution >= 0.6 is 0 Å². The van der Waals surface area contributed by atoms with Crippen molar-refractivity contribution in [2.45, 2.75) is 13.0 Å². The van der Waals surface area contributed by atoms with Crippen LogP contribution in [0.1, 0.15) is 18.5 Å². The van der Waals surface area contributed by atoms with Crippen molar-refractivity contribution in [1.82, 2.24) is 10.2 Å². The molecule has 2 rings (SSSR count). The molecule has 4 heteroatoms. The number of aliphatic hydroxyl groups is 1. The Kier molecular flexibility index (Phi) is 4.99. The van der Waals surface area contributed by atoms with E-state index >= 15 is 0 Å². The fourth-order valence-corrected chi connectivity index (χ4v) is 2.45. The number of ether oxygens (including phenoxy) is 1. The summed E-state index contributed by atoms with van der Waals surface area (Å²) >= 11 is 0. The molecule has 1 saturated heterocycles. The number of piperazine rings is 1. The Balaban J connectivity index is 2.20. The van der Waals surface area contributed by atoms with Gasteiger partial charge < -0.3 is 15.2 Å². The first-order valence-electron chi connectivity index (χ1n) is 6.64. The predicted octanol–water partition coefficient (Wildman–Crippen LogP) is 1.02. The fraction of sp³-hybridized carbons (Fsp3) is 0.571. The molecule has 0 radical (unpaired) electrons. The van der Waals surface area contributed by atoms with Crippen molar-refractivity contribution in [1.29, 1.82) is 0 Å². The highest BCUT2D eigenvalue weighted by atomic mass is 16.5. The van der Waals surface area contributed by atoms with E-state index in [0.29, 0.717) is 6.61 Å². The van der Waals surface area contributed by atoms with Gasteiger partial charge in [0.2, 0.25) is 0 Å². The van der Waals surface area contributed by atoms with E-state index in [1.807, 2.05) is 31.2 Å². The molecule has 0 aliphatic carbocycles. The molecule has 0 bridgehead atoms. The molecule has 1 fully saturated rings. The maximum atomic E-state index is 9.71. The number of nitrogens with one attached hydrogen (secondary N) is 1. The van der Waals surface area contributed by atoms with Gasteiger partial charge in [-0.1, -0.05) is 18.2 Å². The summed E-state index contributed by atoms with van der Waals surface area (Å²) in [6, 6.07) is 8.04. The zero-order valence-electron chi connectivity index (χ0n) is 10.9. The lowest BCUT2D eigenvalue weighted by Gasteiger charge is -2.34. The smallest absolute Gasteiger partial charge is 0.124 e. The van der Waals surface area contributed by atoms with Crippen molar-refractivity contribution in [2.24, 2.45) is 0 Å². The molecule has 0 unspecified atom stereocenters. The Morgan fingerprint density at radius 3 is 2.72 bits per heavy atom. The van der Waals surface area contributed by atoms with Crippen molar-refractivity contribution in [3.63, 3.8) is 0 Å². The van der Waals surface area contributed by atoms with Crippen molar-refractivity contribution < 1.29 is 9.84 Å². The van der Waals surface area contributed by atoms with Gasteiger partial charge in [-0.3, -0.25) is 4.90 Å². The van der Waals surface area contributed by atoms with E-state index < -0.39 is 0 Å². The number of hydrogen-bond acceptors (Lipinski definition) is 4. The van der Waals surface area contributed by atoms with Crippen LogP contribution in [-0.2, 0) is 0 Å². The summed E-state index contributed by atoms with van der Waals surface area (Å²) in [6.07, 6.45) is 0. The highest BCUT2D eigenvalue weighted by Gasteiger charge is 2.23. The van der Waals surface area contributed by atoms with Gasteiger partial charge >= 0.3 is 0 Å². The highest BCUT2D eigenvalue weighted by molar-refractivity contribution is 5.36. The minimum absolute atomic E-state index is 0.0369. The molecular formula is C14H22N2O2. The summed E-state index contributed by atoms with van der Waals surface area (Å²) in [5.74, 6) is 0.887. The van der Waals surface area contributed by atoms with E-state index in [0.717, 1.165) is 37.5 Å². The van der Waals surface area contributed by atoms with Gasteiger partial charge in [0.05, 0.1) is 19.3 Å². The quantitative estimate of drug-likeness (QED) is 0.819. The van der Waals surface area contributed by atoms with Crippen LogP contribution in [0.3, 0.4) is 0 Å². The molecule has 18 heavy (non-hydrogen) atoms. The van der Waals surface area contributed by atoms with Gasteiger partial charge in [0.1, 0.15) is 5.75 Å². The second-order valence-electron chi connectivity index (χ2n) is 4.46. The Hall–Kier alpha value is -1.10. The van der Waals surface area contributed by atoms with E-state index in [2.05, 4.69) is 10.2 Å². The summed E-state index contributed by atoms with van der Waals surface area (Å²) < 4.78 is 5.66. The van der Waals surface area contributed by atoms with Crippen molar-refractivity contribution >= 4 is 0 Å². The molecule has 1 atom stereocenters. The van der Waals surface area contributed by atoms with Crippen LogP contribution in [-0.4, -0.2) is 49.4 Å². The van der Waals surface area contributed by atoms with Gasteiger partial charge in [-0.05, 0) is 13.0 Å². The van der Waals surface area contributed by atoms with Gasteiger partial charge in [-0.15, -0.1) is 0 Å². The molecule has 100 valence electrons. The number of hydrogen-bond donors (Lipinski definition) is 2. The van der Waals surface area contributed by atoms with Crippen LogP contribution in [0.2, 0.25) is 0 Å². The number of nitrogens with zero attached hydrogens (tertiary/aromatic N) is 1. The normalized spacial score (nSPS) is 18.6. The Morgan fingerprint density at radius 1 is 1.33 bits per heavy atom. The predicted molar refractivity (Wildman–Crippen MR) is 71.9 cm³/mol. The molecule has 0 saturated carbocycles. The second-order valence-corrected chi connectivity index (χ2v) is 4.46. The SMILES string of the molecule is CCOc1ccccc1[C@H](CO)N1CCNCC1. The van der Waals surface area contributed by atoms with Gasteiger partial charge in [0.25, 0.3) is 0 Å². The zero-order chi connectivity index (χ0) is 12.8. The third kappa shape index (κ3) is 3.02. The molecule has 1 aliphatic rings. The third-order valence-electron chi connectivity index (χ3n) is 3.34. The summed E-state index contributed by atoms with van der Waals surface area (Å²) in [7, 11) is 0. The zero-order valence-corrected chi connectivity index (χ0v) is 10.9. The Morgan fingerprint density at radius 2 is 2.06 bits per heavy atom. The first kappa shape index (κ1) is 13.3. The van der Waals surface area contributed by atoms with Gasteiger partial charge in [0, 0.05) is 31.7 Å². The fourth-order valence-electron chi connectivity index (χ4n) is 2.45. The molecule has 2 N–H and O–H groups in total. The lowest BCUT2D eigenvalue weighted by Crippen LogP contribution is -2.46. The van der Waals surface area contributed by atoms with Crippen LogP contribution in [0, 0.1) is 0 Å². The average Bonchev–Trinajstić information content (AvgIpc) is 2.43. The Labute approximate surface area is 109 Å². The number of benzene rings is 1. The van der Waals surface area contributed by atoms with Crippen molar-refractivity contribution in [2.75, 3.05) is 39.4 Å². The topological polar surface area (TPSA) is 44.7 Å². The van der Waals surface area contributed by atoms with Crippen LogP contribution < -0.4 is 10.1 Å². The van der Waals surface area contributed by atoms with E-state index in [1.165, 1.54) is 0 Å². The van der Waals surface area contributed by atoms with E-state index in [1.54, 1.807) is 0 Å². The summed E-state index contributed by atoms with van der Waals surface area (Å²) in [6.45, 7) is 6.65. The molecule has 0 aromatic heterocycles. The van der Waals surface area contributed by atoms with Crippen LogP contribution in [0.15, 0.2) is 24.3 Å². The molecule has 1 aliphatic heterocycles. The largest absolute Gasteiger partial charge is 0.494 e. The highest BCUT2D eigenvalue weighted by Crippen LogP contribution is 2.29. The maximum Gasteiger partial charge on any atom is 0.124 e. The first-order chi connectivity index (χ1) is 8.86. The monoisotopic (exact) mass is 250 g/mol. The molecule has 1 heterocycles. The molecular weight excluding hydrogens is 228 g/mol. The molecule has 0 amide bonds. The van der Waals surface area contributed by atoms with Gasteiger partial charge in [0.15, 0.2) is 0 Å². The lowest BCUT2D eigenvalue weighted by atomic mass is 10.0. The average molecular weight is 250 g/mol. The summed E-state index contributed by atoms with van der Waals surface area (Å²) in [4.78, 5) is 2.31. The van der Waals surface area contributed by atoms with E-state index in [9.17, 15) is 5.11 Å². The third-order valence-corrected chi connectivity index (χ3v) is 3.34. The minimum Gasteiger partial charge on any atom is -0.494 e. The Bertz CT molecular complexity index is 365. The van der Waals surface area contributed by atoms with Crippen molar-refractivity contribution in [3.05, 3.63) is 29.8 Å². The number of para-hydroxylation sites is 1. The van der Waals surface area contributed by atoms with Gasteiger partial charge in [-0.25, -0.2) is 0 Å². The molecule has 4 nitrogen and oxygen atoms in total. The van der Waals surface area contributed by atoms with Gasteiger partial charge in [-0.2, -0.15) is 0 Å².